The van der Waals surface area contributed by atoms with Crippen LogP contribution < -0.4 is 10.1 Å². The second-order valence-corrected chi connectivity index (χ2v) is 26.3. The molecular weight excluding hydrogens is 577 g/mol. The van der Waals surface area contributed by atoms with Gasteiger partial charge in [0.1, 0.15) is 25.8 Å². The third-order valence-corrected chi connectivity index (χ3v) is 12.3. The van der Waals surface area contributed by atoms with Crippen LogP contribution in [0.25, 0.3) is 22.7 Å². The average molecular weight is 629 g/mol. The molecular formula is C31H52N6O4Si2. The van der Waals surface area contributed by atoms with Gasteiger partial charge in [0.25, 0.3) is 0 Å². The first-order valence-corrected chi connectivity index (χ1v) is 23.2. The highest BCUT2D eigenvalue weighted by atomic mass is 28.3. The molecule has 1 saturated carbocycles. The van der Waals surface area contributed by atoms with Crippen molar-refractivity contribution in [2.75, 3.05) is 45.9 Å². The van der Waals surface area contributed by atoms with Gasteiger partial charge in [0.2, 0.25) is 5.88 Å². The van der Waals surface area contributed by atoms with Gasteiger partial charge in [-0.05, 0) is 48.7 Å². The summed E-state index contributed by atoms with van der Waals surface area (Å²) in [5, 5.41) is 8.46. The summed E-state index contributed by atoms with van der Waals surface area (Å²) < 4.78 is 27.9. The van der Waals surface area contributed by atoms with Gasteiger partial charge in [-0.2, -0.15) is 10.1 Å². The van der Waals surface area contributed by atoms with Crippen molar-refractivity contribution in [3.8, 4) is 17.4 Å². The zero-order valence-corrected chi connectivity index (χ0v) is 29.8. The molecule has 10 nitrogen and oxygen atoms in total. The van der Waals surface area contributed by atoms with E-state index >= 15 is 0 Å². The summed E-state index contributed by atoms with van der Waals surface area (Å²) in [6, 6.07) is 4.30. The smallest absolute Gasteiger partial charge is 0.239 e. The topological polar surface area (TPSA) is 97.5 Å². The van der Waals surface area contributed by atoms with Gasteiger partial charge in [-0.1, -0.05) is 46.2 Å². The van der Waals surface area contributed by atoms with Gasteiger partial charge in [-0.25, -0.2) is 9.67 Å². The highest BCUT2D eigenvalue weighted by molar-refractivity contribution is 6.76. The van der Waals surface area contributed by atoms with E-state index in [9.17, 15) is 0 Å². The van der Waals surface area contributed by atoms with E-state index in [1.807, 2.05) is 7.05 Å². The number of rotatable bonds is 16. The number of anilines is 1. The van der Waals surface area contributed by atoms with Crippen LogP contribution in [0.15, 0.2) is 6.07 Å². The van der Waals surface area contributed by atoms with Crippen LogP contribution in [0.1, 0.15) is 24.6 Å². The van der Waals surface area contributed by atoms with Crippen molar-refractivity contribution >= 4 is 33.0 Å². The second kappa shape index (κ2) is 12.6. The molecule has 3 aromatic rings. The predicted molar refractivity (Wildman–Crippen MR) is 177 cm³/mol. The number of hydrogen-bond donors (Lipinski definition) is 1. The van der Waals surface area contributed by atoms with Crippen molar-refractivity contribution in [3.63, 3.8) is 0 Å². The summed E-state index contributed by atoms with van der Waals surface area (Å²) in [5.74, 6) is 2.01. The lowest BCUT2D eigenvalue weighted by atomic mass is 9.87. The van der Waals surface area contributed by atoms with E-state index in [2.05, 4.69) is 66.8 Å². The Kier molecular flexibility index (Phi) is 9.44. The largest absolute Gasteiger partial charge is 0.474 e. The molecule has 2 atom stereocenters. The van der Waals surface area contributed by atoms with Crippen LogP contribution in [0.4, 0.5) is 5.69 Å². The van der Waals surface area contributed by atoms with E-state index in [0.717, 1.165) is 60.9 Å². The zero-order valence-electron chi connectivity index (χ0n) is 27.8. The van der Waals surface area contributed by atoms with Crippen molar-refractivity contribution in [1.29, 1.82) is 0 Å². The van der Waals surface area contributed by atoms with Gasteiger partial charge in [0.15, 0.2) is 11.5 Å². The Hall–Kier alpha value is -2.26. The molecule has 43 heavy (non-hydrogen) atoms. The third kappa shape index (κ3) is 7.52. The number of imidazole rings is 1. The normalized spacial score (nSPS) is 19.9. The minimum Gasteiger partial charge on any atom is -0.474 e. The van der Waals surface area contributed by atoms with Crippen LogP contribution in [-0.4, -0.2) is 81.0 Å². The van der Waals surface area contributed by atoms with Gasteiger partial charge in [0, 0.05) is 54.8 Å². The highest BCUT2D eigenvalue weighted by Gasteiger charge is 2.54. The maximum Gasteiger partial charge on any atom is 0.239 e. The molecule has 2 aliphatic rings. The SMILES string of the molecule is CNc1cc2c(nc1OCCOC)nc(-c1nn(COCC[Si](C)(C)C)c3c1C[C@@H]1C[C@]1(C)C3)n2COCC[Si](C)(C)C. The molecule has 0 unspecified atom stereocenters. The highest BCUT2D eigenvalue weighted by Crippen LogP contribution is 2.60. The third-order valence-electron chi connectivity index (χ3n) is 8.87. The van der Waals surface area contributed by atoms with Crippen molar-refractivity contribution < 1.29 is 18.9 Å². The van der Waals surface area contributed by atoms with Crippen molar-refractivity contribution in [2.45, 2.75) is 91.0 Å². The Morgan fingerprint density at radius 3 is 2.33 bits per heavy atom. The Bertz CT molecular complexity index is 1430. The number of methoxy groups -OCH3 is 1. The van der Waals surface area contributed by atoms with Crippen LogP contribution in [0.5, 0.6) is 5.88 Å². The number of hydrogen-bond acceptors (Lipinski definition) is 8. The fraction of sp³-hybridized carbons (Fsp3) is 0.710. The lowest BCUT2D eigenvalue weighted by molar-refractivity contribution is 0.0756. The van der Waals surface area contributed by atoms with E-state index in [-0.39, 0.29) is 0 Å². The molecule has 1 N–H and O–H groups in total. The molecule has 2 aliphatic carbocycles. The molecule has 0 bridgehead atoms. The van der Waals surface area contributed by atoms with Crippen LogP contribution in [0, 0.1) is 11.3 Å². The van der Waals surface area contributed by atoms with Crippen LogP contribution in [0.2, 0.25) is 51.4 Å². The Labute approximate surface area is 258 Å². The number of fused-ring (bicyclic) bond motifs is 3. The molecule has 3 heterocycles. The fourth-order valence-electron chi connectivity index (χ4n) is 5.82. The van der Waals surface area contributed by atoms with Gasteiger partial charge in [-0.3, -0.25) is 4.57 Å². The van der Waals surface area contributed by atoms with Gasteiger partial charge < -0.3 is 24.3 Å². The minimum absolute atomic E-state index is 0.373. The minimum atomic E-state index is -1.23. The maximum absolute atomic E-state index is 6.32. The molecule has 3 aromatic heterocycles. The Morgan fingerprint density at radius 2 is 1.67 bits per heavy atom. The summed E-state index contributed by atoms with van der Waals surface area (Å²) in [7, 11) is 1.14. The Morgan fingerprint density at radius 1 is 0.977 bits per heavy atom. The predicted octanol–water partition coefficient (Wildman–Crippen LogP) is 6.11. The number of pyridine rings is 1. The summed E-state index contributed by atoms with van der Waals surface area (Å²) in [5.41, 5.74) is 6.22. The second-order valence-electron chi connectivity index (χ2n) is 15.0. The number of ether oxygens (including phenoxy) is 4. The van der Waals surface area contributed by atoms with Gasteiger partial charge in [0.05, 0.1) is 17.8 Å². The average Bonchev–Trinajstić information content (AvgIpc) is 3.30. The molecule has 0 aromatic carbocycles. The molecule has 0 aliphatic heterocycles. The van der Waals surface area contributed by atoms with Crippen molar-refractivity contribution in [2.24, 2.45) is 11.3 Å². The van der Waals surface area contributed by atoms with E-state index in [1.165, 1.54) is 17.7 Å². The first kappa shape index (κ1) is 32.1. The Balaban J connectivity index is 1.53. The van der Waals surface area contributed by atoms with Crippen LogP contribution in [-0.2, 0) is 40.5 Å². The van der Waals surface area contributed by atoms with E-state index in [1.54, 1.807) is 7.11 Å². The number of aromatic nitrogens is 5. The molecule has 0 amide bonds. The lowest BCUT2D eigenvalue weighted by Gasteiger charge is -2.20. The lowest BCUT2D eigenvalue weighted by Crippen LogP contribution is -2.23. The summed E-state index contributed by atoms with van der Waals surface area (Å²) in [6.07, 6.45) is 3.32. The van der Waals surface area contributed by atoms with E-state index < -0.39 is 16.1 Å². The quantitative estimate of drug-likeness (QED) is 0.150. The van der Waals surface area contributed by atoms with Gasteiger partial charge >= 0.3 is 0 Å². The van der Waals surface area contributed by atoms with Crippen molar-refractivity contribution in [3.05, 3.63) is 17.3 Å². The zero-order chi connectivity index (χ0) is 31.0. The molecule has 1 fully saturated rings. The summed E-state index contributed by atoms with van der Waals surface area (Å²) in [6.45, 7) is 19.9. The molecule has 12 heteroatoms. The fourth-order valence-corrected chi connectivity index (χ4v) is 7.33. The monoisotopic (exact) mass is 628 g/mol. The summed E-state index contributed by atoms with van der Waals surface area (Å²) in [4.78, 5) is 9.96. The number of nitrogens with one attached hydrogen (secondary N) is 1. The molecule has 0 saturated heterocycles. The molecule has 0 spiro atoms. The van der Waals surface area contributed by atoms with E-state index in [4.69, 9.17) is 34.0 Å². The molecule has 5 rings (SSSR count). The van der Waals surface area contributed by atoms with Gasteiger partial charge in [-0.15, -0.1) is 0 Å². The molecule has 238 valence electrons. The van der Waals surface area contributed by atoms with Crippen LogP contribution in [0.3, 0.4) is 0 Å². The summed E-state index contributed by atoms with van der Waals surface area (Å²) >= 11 is 0. The maximum atomic E-state index is 6.32. The first-order valence-electron chi connectivity index (χ1n) is 15.8. The van der Waals surface area contributed by atoms with E-state index in [0.29, 0.717) is 49.5 Å². The number of nitrogens with zero attached hydrogens (tertiary/aromatic N) is 5. The van der Waals surface area contributed by atoms with Crippen molar-refractivity contribution in [1.82, 2.24) is 24.3 Å². The standard InChI is InChI=1S/C31H52N6O4Si2/c1-31-18-22(31)16-23-26(19-31)37(21-40-13-15-43(7,8)9)35-27(23)29-33-28-25(36(29)20-39-12-14-42(4,5)6)17-24(32-2)30(34-28)41-11-10-38-3/h17,22,32H,10-16,18-21H2,1-9H3/t22-,31-/m1/s1. The first-order chi connectivity index (χ1) is 20.3. The van der Waals surface area contributed by atoms with Crippen LogP contribution >= 0.6 is 0 Å². The molecule has 0 radical (unpaired) electrons.